The standard InChI is InChI=1S/C14H15FO2/c15-13(14(16)17)12-9-5-4-8-11(12)10-6-2-1-3-7-10/h1-3,6-7,11H,4-5,8-9H2,(H,16,17)/b13-12+. The number of rotatable bonds is 2. The van der Waals surface area contributed by atoms with Gasteiger partial charge in [-0.05, 0) is 30.4 Å². The largest absolute Gasteiger partial charge is 0.476 e. The minimum Gasteiger partial charge on any atom is -0.476 e. The van der Waals surface area contributed by atoms with E-state index < -0.39 is 11.8 Å². The average Bonchev–Trinajstić information content (AvgIpc) is 2.39. The molecule has 0 spiro atoms. The van der Waals surface area contributed by atoms with Crippen molar-refractivity contribution in [3.63, 3.8) is 0 Å². The first-order valence-corrected chi connectivity index (χ1v) is 5.87. The molecular formula is C14H15FO2. The summed E-state index contributed by atoms with van der Waals surface area (Å²) in [6, 6.07) is 9.58. The lowest BCUT2D eigenvalue weighted by Gasteiger charge is -2.25. The van der Waals surface area contributed by atoms with Crippen LogP contribution in [0, 0.1) is 0 Å². The van der Waals surface area contributed by atoms with Crippen molar-refractivity contribution in [2.75, 3.05) is 0 Å². The Morgan fingerprint density at radius 2 is 1.94 bits per heavy atom. The van der Waals surface area contributed by atoms with E-state index in [9.17, 15) is 9.18 Å². The van der Waals surface area contributed by atoms with Gasteiger partial charge in [-0.25, -0.2) is 4.79 Å². The van der Waals surface area contributed by atoms with Crippen LogP contribution in [0.4, 0.5) is 4.39 Å². The molecule has 90 valence electrons. The SMILES string of the molecule is O=C(O)/C(F)=C1/CCCCC1c1ccccc1. The number of carbonyl (C=O) groups is 1. The maximum Gasteiger partial charge on any atom is 0.364 e. The van der Waals surface area contributed by atoms with Gasteiger partial charge in [-0.3, -0.25) is 0 Å². The van der Waals surface area contributed by atoms with Crippen molar-refractivity contribution < 1.29 is 14.3 Å². The smallest absolute Gasteiger partial charge is 0.364 e. The molecule has 0 aromatic heterocycles. The molecule has 2 rings (SSSR count). The number of carboxylic acids is 1. The van der Waals surface area contributed by atoms with Gasteiger partial charge in [0.2, 0.25) is 5.83 Å². The summed E-state index contributed by atoms with van der Waals surface area (Å²) < 4.78 is 13.6. The Morgan fingerprint density at radius 3 is 2.59 bits per heavy atom. The van der Waals surface area contributed by atoms with Crippen LogP contribution < -0.4 is 0 Å². The molecular weight excluding hydrogens is 219 g/mol. The first kappa shape index (κ1) is 11.8. The summed E-state index contributed by atoms with van der Waals surface area (Å²) in [5, 5.41) is 8.77. The third kappa shape index (κ3) is 2.54. The maximum atomic E-state index is 13.6. The quantitative estimate of drug-likeness (QED) is 0.793. The van der Waals surface area contributed by atoms with E-state index in [1.165, 1.54) is 0 Å². The van der Waals surface area contributed by atoms with Crippen molar-refractivity contribution in [3.8, 4) is 0 Å². The molecule has 0 saturated heterocycles. The fourth-order valence-corrected chi connectivity index (χ4v) is 2.47. The summed E-state index contributed by atoms with van der Waals surface area (Å²) in [6.07, 6.45) is 3.28. The van der Waals surface area contributed by atoms with Crippen molar-refractivity contribution in [3.05, 3.63) is 47.3 Å². The van der Waals surface area contributed by atoms with E-state index in [-0.39, 0.29) is 5.92 Å². The van der Waals surface area contributed by atoms with E-state index in [0.29, 0.717) is 12.0 Å². The first-order valence-electron chi connectivity index (χ1n) is 5.87. The van der Waals surface area contributed by atoms with Crippen LogP contribution in [0.2, 0.25) is 0 Å². The minimum atomic E-state index is -1.44. The van der Waals surface area contributed by atoms with Crippen LogP contribution in [0.5, 0.6) is 0 Å². The molecule has 1 N–H and O–H groups in total. The van der Waals surface area contributed by atoms with Gasteiger partial charge in [0.1, 0.15) is 0 Å². The normalized spacial score (nSPS) is 23.2. The minimum absolute atomic E-state index is 0.0685. The molecule has 3 heteroatoms. The van der Waals surface area contributed by atoms with E-state index in [4.69, 9.17) is 5.11 Å². The zero-order chi connectivity index (χ0) is 12.3. The summed E-state index contributed by atoms with van der Waals surface area (Å²) in [7, 11) is 0. The van der Waals surface area contributed by atoms with Gasteiger partial charge in [-0.1, -0.05) is 36.8 Å². The molecule has 1 fully saturated rings. The fraction of sp³-hybridized carbons (Fsp3) is 0.357. The van der Waals surface area contributed by atoms with Gasteiger partial charge in [0.15, 0.2) is 0 Å². The predicted molar refractivity (Wildman–Crippen MR) is 63.4 cm³/mol. The Kier molecular flexibility index (Phi) is 3.57. The highest BCUT2D eigenvalue weighted by molar-refractivity contribution is 5.85. The number of hydrogen-bond acceptors (Lipinski definition) is 1. The summed E-state index contributed by atoms with van der Waals surface area (Å²) >= 11 is 0. The molecule has 2 nitrogen and oxygen atoms in total. The van der Waals surface area contributed by atoms with Gasteiger partial charge >= 0.3 is 5.97 Å². The lowest BCUT2D eigenvalue weighted by Crippen LogP contribution is -2.13. The molecule has 1 aliphatic carbocycles. The predicted octanol–water partition coefficient (Wildman–Crippen LogP) is 3.65. The van der Waals surface area contributed by atoms with Crippen LogP contribution in [0.25, 0.3) is 0 Å². The van der Waals surface area contributed by atoms with Crippen LogP contribution in [-0.2, 0) is 4.79 Å². The Bertz CT molecular complexity index is 437. The molecule has 1 atom stereocenters. The summed E-state index contributed by atoms with van der Waals surface area (Å²) in [6.45, 7) is 0. The molecule has 0 radical (unpaired) electrons. The van der Waals surface area contributed by atoms with Gasteiger partial charge in [0.25, 0.3) is 0 Å². The Labute approximate surface area is 99.8 Å². The summed E-state index contributed by atoms with van der Waals surface area (Å²) in [4.78, 5) is 10.7. The van der Waals surface area contributed by atoms with Gasteiger partial charge in [0, 0.05) is 5.92 Å². The van der Waals surface area contributed by atoms with E-state index in [2.05, 4.69) is 0 Å². The highest BCUT2D eigenvalue weighted by Gasteiger charge is 2.26. The topological polar surface area (TPSA) is 37.3 Å². The molecule has 1 aliphatic rings. The van der Waals surface area contributed by atoms with Crippen molar-refractivity contribution in [1.29, 1.82) is 0 Å². The summed E-state index contributed by atoms with van der Waals surface area (Å²) in [5.41, 5.74) is 1.47. The van der Waals surface area contributed by atoms with Crippen molar-refractivity contribution in [1.82, 2.24) is 0 Å². The van der Waals surface area contributed by atoms with Crippen LogP contribution in [0.1, 0.15) is 37.2 Å². The van der Waals surface area contributed by atoms with Crippen LogP contribution >= 0.6 is 0 Å². The molecule has 0 amide bonds. The zero-order valence-electron chi connectivity index (χ0n) is 9.53. The maximum absolute atomic E-state index is 13.6. The third-order valence-corrected chi connectivity index (χ3v) is 3.28. The van der Waals surface area contributed by atoms with Crippen LogP contribution in [0.15, 0.2) is 41.7 Å². The average molecular weight is 234 g/mol. The number of halogens is 1. The van der Waals surface area contributed by atoms with Crippen molar-refractivity contribution >= 4 is 5.97 Å². The zero-order valence-corrected chi connectivity index (χ0v) is 9.53. The molecule has 1 aromatic carbocycles. The van der Waals surface area contributed by atoms with E-state index in [1.54, 1.807) is 0 Å². The first-order chi connectivity index (χ1) is 8.20. The van der Waals surface area contributed by atoms with Gasteiger partial charge in [-0.2, -0.15) is 4.39 Å². The number of allylic oxidation sites excluding steroid dienone is 1. The Hall–Kier alpha value is -1.64. The summed E-state index contributed by atoms with van der Waals surface area (Å²) in [5.74, 6) is -2.47. The molecule has 0 aliphatic heterocycles. The number of hydrogen-bond donors (Lipinski definition) is 1. The second-order valence-electron chi connectivity index (χ2n) is 4.35. The second-order valence-corrected chi connectivity index (χ2v) is 4.35. The van der Waals surface area contributed by atoms with E-state index in [1.807, 2.05) is 30.3 Å². The highest BCUT2D eigenvalue weighted by Crippen LogP contribution is 2.39. The fourth-order valence-electron chi connectivity index (χ4n) is 2.47. The van der Waals surface area contributed by atoms with Crippen LogP contribution in [-0.4, -0.2) is 11.1 Å². The number of aliphatic carboxylic acids is 1. The number of benzene rings is 1. The van der Waals surface area contributed by atoms with Gasteiger partial charge in [0.05, 0.1) is 0 Å². The van der Waals surface area contributed by atoms with E-state index in [0.717, 1.165) is 24.8 Å². The molecule has 1 saturated carbocycles. The highest BCUT2D eigenvalue weighted by atomic mass is 19.1. The molecule has 1 aromatic rings. The molecule has 1 unspecified atom stereocenters. The number of carboxylic acid groups (broad SMARTS) is 1. The Morgan fingerprint density at radius 1 is 1.24 bits per heavy atom. The van der Waals surface area contributed by atoms with Crippen LogP contribution in [0.3, 0.4) is 0 Å². The van der Waals surface area contributed by atoms with Gasteiger partial charge < -0.3 is 5.11 Å². The molecule has 0 bridgehead atoms. The van der Waals surface area contributed by atoms with Gasteiger partial charge in [-0.15, -0.1) is 0 Å². The monoisotopic (exact) mass is 234 g/mol. The lowest BCUT2D eigenvalue weighted by atomic mass is 9.79. The molecule has 0 heterocycles. The second kappa shape index (κ2) is 5.13. The third-order valence-electron chi connectivity index (χ3n) is 3.28. The lowest BCUT2D eigenvalue weighted by molar-refractivity contribution is -0.134. The molecule has 17 heavy (non-hydrogen) atoms. The Balaban J connectivity index is 2.37. The van der Waals surface area contributed by atoms with E-state index >= 15 is 0 Å². The van der Waals surface area contributed by atoms with Crippen molar-refractivity contribution in [2.24, 2.45) is 0 Å². The van der Waals surface area contributed by atoms with Crippen molar-refractivity contribution in [2.45, 2.75) is 31.6 Å².